The molecule has 0 spiro atoms. The van der Waals surface area contributed by atoms with Gasteiger partial charge < -0.3 is 5.11 Å². The van der Waals surface area contributed by atoms with Gasteiger partial charge in [-0.05, 0) is 35.6 Å². The average molecular weight is 317 g/mol. The van der Waals surface area contributed by atoms with Crippen molar-refractivity contribution in [3.63, 3.8) is 0 Å². The van der Waals surface area contributed by atoms with Crippen LogP contribution < -0.4 is 0 Å². The number of halogens is 2. The number of aromatic nitrogens is 2. The lowest BCUT2D eigenvalue weighted by atomic mass is 10.0. The summed E-state index contributed by atoms with van der Waals surface area (Å²) in [5, 5.41) is 15.5. The van der Waals surface area contributed by atoms with Gasteiger partial charge in [0.2, 0.25) is 0 Å². The molecule has 0 aliphatic heterocycles. The molecule has 1 unspecified atom stereocenters. The number of rotatable bonds is 5. The third-order valence-electron chi connectivity index (χ3n) is 2.80. The van der Waals surface area contributed by atoms with Gasteiger partial charge in [0.25, 0.3) is 0 Å². The number of hydrogen-bond donors (Lipinski definition) is 1. The first-order valence-corrected chi connectivity index (χ1v) is 7.57. The van der Waals surface area contributed by atoms with Gasteiger partial charge in [-0.25, -0.2) is 0 Å². The summed E-state index contributed by atoms with van der Waals surface area (Å²) in [7, 11) is 0. The first kappa shape index (κ1) is 14.7. The Kier molecular flexibility index (Phi) is 5.16. The van der Waals surface area contributed by atoms with E-state index in [9.17, 15) is 5.11 Å². The monoisotopic (exact) mass is 316 g/mol. The van der Waals surface area contributed by atoms with E-state index in [0.29, 0.717) is 16.5 Å². The lowest BCUT2D eigenvalue weighted by molar-refractivity contribution is 0.181. The second-order valence-electron chi connectivity index (χ2n) is 4.29. The third kappa shape index (κ3) is 3.66. The second kappa shape index (κ2) is 6.66. The molecule has 0 radical (unpaired) electrons. The van der Waals surface area contributed by atoms with E-state index >= 15 is 0 Å². The summed E-state index contributed by atoms with van der Waals surface area (Å²) in [6.45, 7) is 2.07. The van der Waals surface area contributed by atoms with E-state index in [1.165, 1.54) is 11.5 Å². The molecule has 1 aromatic heterocycles. The largest absolute Gasteiger partial charge is 0.387 e. The number of aliphatic hydroxyl groups excluding tert-OH is 1. The van der Waals surface area contributed by atoms with Crippen LogP contribution in [-0.2, 0) is 12.8 Å². The average Bonchev–Trinajstić information content (AvgIpc) is 2.81. The van der Waals surface area contributed by atoms with E-state index in [1.807, 2.05) is 6.07 Å². The first-order valence-electron chi connectivity index (χ1n) is 6.05. The zero-order chi connectivity index (χ0) is 13.8. The summed E-state index contributed by atoms with van der Waals surface area (Å²) < 4.78 is 3.92. The molecule has 0 bridgehead atoms. The lowest BCUT2D eigenvalue weighted by Gasteiger charge is -2.11. The van der Waals surface area contributed by atoms with Crippen molar-refractivity contribution >= 4 is 34.7 Å². The van der Waals surface area contributed by atoms with Crippen molar-refractivity contribution in [2.24, 2.45) is 0 Å². The number of nitrogens with zero attached hydrogens (tertiary/aromatic N) is 2. The fourth-order valence-electron chi connectivity index (χ4n) is 1.87. The summed E-state index contributed by atoms with van der Waals surface area (Å²) in [5.74, 6) is 0. The molecule has 2 aromatic rings. The van der Waals surface area contributed by atoms with Crippen molar-refractivity contribution in [2.45, 2.75) is 32.3 Å². The molecule has 0 saturated carbocycles. The highest BCUT2D eigenvalue weighted by Crippen LogP contribution is 2.29. The molecule has 0 aliphatic rings. The van der Waals surface area contributed by atoms with Crippen LogP contribution in [-0.4, -0.2) is 14.7 Å². The van der Waals surface area contributed by atoms with E-state index in [4.69, 9.17) is 23.2 Å². The highest BCUT2D eigenvalue weighted by Gasteiger charge is 2.18. The van der Waals surface area contributed by atoms with Gasteiger partial charge in [0.05, 0.1) is 16.7 Å². The minimum absolute atomic E-state index is 0.441. The molecule has 0 aliphatic carbocycles. The number of aryl methyl sites for hydroxylation is 1. The van der Waals surface area contributed by atoms with Crippen LogP contribution in [0.5, 0.6) is 0 Å². The van der Waals surface area contributed by atoms with Gasteiger partial charge >= 0.3 is 0 Å². The van der Waals surface area contributed by atoms with Crippen molar-refractivity contribution in [2.75, 3.05) is 0 Å². The smallest absolute Gasteiger partial charge is 0.0957 e. The first-order chi connectivity index (χ1) is 9.11. The predicted molar refractivity (Wildman–Crippen MR) is 79.0 cm³/mol. The molecule has 0 amide bonds. The Balaban J connectivity index is 2.16. The molecule has 1 heterocycles. The summed E-state index contributed by atoms with van der Waals surface area (Å²) in [5.41, 5.74) is 1.75. The van der Waals surface area contributed by atoms with Gasteiger partial charge in [0, 0.05) is 16.5 Å². The standard InChI is InChI=1S/C13H14Cl2N2OS/c1-2-3-11-13(19-17-16-11)12(18)6-8-4-5-9(14)7-10(8)15/h4-5,7,12,18H,2-3,6H2,1H3. The molecular formula is C13H14Cl2N2OS. The summed E-state index contributed by atoms with van der Waals surface area (Å²) in [6, 6.07) is 5.29. The highest BCUT2D eigenvalue weighted by atomic mass is 35.5. The van der Waals surface area contributed by atoms with Crippen LogP contribution in [0.15, 0.2) is 18.2 Å². The Morgan fingerprint density at radius 1 is 1.37 bits per heavy atom. The van der Waals surface area contributed by atoms with E-state index in [2.05, 4.69) is 16.5 Å². The molecular weight excluding hydrogens is 303 g/mol. The van der Waals surface area contributed by atoms with E-state index in [1.54, 1.807) is 12.1 Å². The topological polar surface area (TPSA) is 46.0 Å². The fraction of sp³-hybridized carbons (Fsp3) is 0.385. The molecule has 2 rings (SSSR count). The van der Waals surface area contributed by atoms with Crippen LogP contribution in [0.1, 0.15) is 35.6 Å². The number of hydrogen-bond acceptors (Lipinski definition) is 4. The minimum atomic E-state index is -0.625. The van der Waals surface area contributed by atoms with Crippen molar-refractivity contribution in [3.05, 3.63) is 44.4 Å². The van der Waals surface area contributed by atoms with Crippen molar-refractivity contribution in [3.8, 4) is 0 Å². The molecule has 6 heteroatoms. The Morgan fingerprint density at radius 2 is 2.16 bits per heavy atom. The Bertz CT molecular complexity index is 559. The molecule has 19 heavy (non-hydrogen) atoms. The molecule has 0 saturated heterocycles. The Labute approximate surface area is 126 Å². The van der Waals surface area contributed by atoms with E-state index in [-0.39, 0.29) is 0 Å². The minimum Gasteiger partial charge on any atom is -0.387 e. The quantitative estimate of drug-likeness (QED) is 0.904. The predicted octanol–water partition coefficient (Wildman–Crippen LogP) is 4.07. The normalized spacial score (nSPS) is 12.6. The van der Waals surface area contributed by atoms with Gasteiger partial charge in [-0.1, -0.05) is 47.1 Å². The Hall–Kier alpha value is -0.680. The van der Waals surface area contributed by atoms with Gasteiger partial charge in [0.15, 0.2) is 0 Å². The molecule has 0 fully saturated rings. The highest BCUT2D eigenvalue weighted by molar-refractivity contribution is 7.05. The summed E-state index contributed by atoms with van der Waals surface area (Å²) in [4.78, 5) is 0.827. The zero-order valence-corrected chi connectivity index (χ0v) is 12.8. The van der Waals surface area contributed by atoms with Gasteiger partial charge in [-0.2, -0.15) is 0 Å². The summed E-state index contributed by atoms with van der Waals surface area (Å²) >= 11 is 13.2. The van der Waals surface area contributed by atoms with E-state index in [0.717, 1.165) is 29.0 Å². The van der Waals surface area contributed by atoms with E-state index < -0.39 is 6.10 Å². The zero-order valence-electron chi connectivity index (χ0n) is 10.4. The molecule has 3 nitrogen and oxygen atoms in total. The maximum atomic E-state index is 10.3. The van der Waals surface area contributed by atoms with Crippen LogP contribution in [0.2, 0.25) is 10.0 Å². The maximum absolute atomic E-state index is 10.3. The molecule has 1 N–H and O–H groups in total. The number of benzene rings is 1. The fourth-order valence-corrected chi connectivity index (χ4v) is 3.03. The molecule has 102 valence electrons. The van der Waals surface area contributed by atoms with Gasteiger partial charge in [-0.15, -0.1) is 5.10 Å². The van der Waals surface area contributed by atoms with Crippen LogP contribution in [0.25, 0.3) is 0 Å². The van der Waals surface area contributed by atoms with Gasteiger partial charge in [-0.3, -0.25) is 0 Å². The van der Waals surface area contributed by atoms with Crippen LogP contribution in [0.4, 0.5) is 0 Å². The second-order valence-corrected chi connectivity index (χ2v) is 5.92. The lowest BCUT2D eigenvalue weighted by Crippen LogP contribution is -2.03. The number of aliphatic hydroxyl groups is 1. The summed E-state index contributed by atoms with van der Waals surface area (Å²) in [6.07, 6.45) is 1.63. The van der Waals surface area contributed by atoms with Crippen LogP contribution in [0, 0.1) is 0 Å². The van der Waals surface area contributed by atoms with Crippen molar-refractivity contribution in [1.29, 1.82) is 0 Å². The molecule has 1 atom stereocenters. The van der Waals surface area contributed by atoms with Crippen LogP contribution >= 0.6 is 34.7 Å². The van der Waals surface area contributed by atoms with Gasteiger partial charge in [0.1, 0.15) is 0 Å². The maximum Gasteiger partial charge on any atom is 0.0957 e. The molecule has 1 aromatic carbocycles. The Morgan fingerprint density at radius 3 is 2.84 bits per heavy atom. The third-order valence-corrected chi connectivity index (χ3v) is 4.26. The van der Waals surface area contributed by atoms with Crippen molar-refractivity contribution in [1.82, 2.24) is 9.59 Å². The SMILES string of the molecule is CCCc1nnsc1C(O)Cc1ccc(Cl)cc1Cl. The van der Waals surface area contributed by atoms with Crippen LogP contribution in [0.3, 0.4) is 0 Å². The van der Waals surface area contributed by atoms with Crippen molar-refractivity contribution < 1.29 is 5.11 Å².